The van der Waals surface area contributed by atoms with Gasteiger partial charge in [-0.3, -0.25) is 9.59 Å². The van der Waals surface area contributed by atoms with Crippen molar-refractivity contribution in [3.8, 4) is 0 Å². The Balaban J connectivity index is 1.17. The Kier molecular flexibility index (Phi) is 6.48. The highest BCUT2D eigenvalue weighted by Gasteiger charge is 2.58. The molecule has 1 saturated carbocycles. The number of piperidine rings is 2. The minimum atomic E-state index is -0.576. The number of anilines is 1. The molecular formula is C32H46BN3O5. The molecule has 6 aliphatic rings. The van der Waals surface area contributed by atoms with Crippen molar-refractivity contribution in [2.45, 2.75) is 108 Å². The highest BCUT2D eigenvalue weighted by atomic mass is 16.7. The first-order valence-corrected chi connectivity index (χ1v) is 15.9. The van der Waals surface area contributed by atoms with Gasteiger partial charge in [0, 0.05) is 30.9 Å². The molecule has 7 rings (SSSR count). The highest BCUT2D eigenvalue weighted by molar-refractivity contribution is 6.62. The van der Waals surface area contributed by atoms with Gasteiger partial charge in [-0.15, -0.1) is 0 Å². The number of ether oxygens (including phenoxy) is 1. The maximum Gasteiger partial charge on any atom is 0.494 e. The molecule has 1 aromatic carbocycles. The molecule has 1 aromatic rings. The minimum absolute atomic E-state index is 0.167. The summed E-state index contributed by atoms with van der Waals surface area (Å²) in [4.78, 5) is 34.6. The van der Waals surface area contributed by atoms with Crippen molar-refractivity contribution < 1.29 is 23.6 Å². The fourth-order valence-electron chi connectivity index (χ4n) is 7.94. The Morgan fingerprint density at radius 2 is 1.51 bits per heavy atom. The van der Waals surface area contributed by atoms with Crippen molar-refractivity contribution in [2.75, 3.05) is 44.3 Å². The molecule has 4 saturated heterocycles. The highest BCUT2D eigenvalue weighted by Crippen LogP contribution is 2.51. The van der Waals surface area contributed by atoms with E-state index in [1.54, 1.807) is 0 Å². The van der Waals surface area contributed by atoms with E-state index in [1.807, 2.05) is 11.8 Å². The van der Waals surface area contributed by atoms with Crippen LogP contribution in [0.3, 0.4) is 0 Å². The van der Waals surface area contributed by atoms with Gasteiger partial charge in [0.05, 0.1) is 35.2 Å². The number of carbonyl (C=O) groups is 2. The fraction of sp³-hybridized carbons (Fsp3) is 0.750. The van der Waals surface area contributed by atoms with Gasteiger partial charge < -0.3 is 28.7 Å². The number of fused-ring (bicyclic) bond motifs is 2. The molecule has 8 nitrogen and oxygen atoms in total. The molecule has 5 fully saturated rings. The third-order valence-electron chi connectivity index (χ3n) is 11.6. The molecule has 41 heavy (non-hydrogen) atoms. The molecule has 9 heteroatoms. The van der Waals surface area contributed by atoms with E-state index in [-0.39, 0.29) is 17.9 Å². The van der Waals surface area contributed by atoms with Crippen LogP contribution in [0.1, 0.15) is 85.1 Å². The van der Waals surface area contributed by atoms with Gasteiger partial charge in [-0.2, -0.15) is 0 Å². The average molecular weight is 564 g/mol. The molecule has 2 amide bonds. The standard InChI is InChI=1S/C32H46BN3O5/c1-29(2)30(3,4)41-33(40-29)22-9-10-25-26(17-22)36(24-18-23(19-24)34-13-7-6-8-14-34)28(38)32(25)11-15-35(16-12-32)27(37)31(5)20-39-21-31/h9-10,17,23-24H,6-8,11-16,18-21H2,1-5H3. The van der Waals surface area contributed by atoms with E-state index >= 15 is 0 Å². The second-order valence-corrected chi connectivity index (χ2v) is 14.8. The maximum atomic E-state index is 14.6. The summed E-state index contributed by atoms with van der Waals surface area (Å²) >= 11 is 0. The Hall–Kier alpha value is -1.94. The summed E-state index contributed by atoms with van der Waals surface area (Å²) in [5.74, 6) is 0.395. The smallest absolute Gasteiger partial charge is 0.399 e. The van der Waals surface area contributed by atoms with E-state index in [0.717, 1.165) is 29.6 Å². The lowest BCUT2D eigenvalue weighted by Gasteiger charge is -2.48. The monoisotopic (exact) mass is 563 g/mol. The van der Waals surface area contributed by atoms with Crippen molar-refractivity contribution in [3.05, 3.63) is 23.8 Å². The van der Waals surface area contributed by atoms with Crippen LogP contribution in [-0.4, -0.2) is 91.4 Å². The molecule has 1 aliphatic carbocycles. The van der Waals surface area contributed by atoms with Crippen LogP contribution in [0.25, 0.3) is 0 Å². The predicted molar refractivity (Wildman–Crippen MR) is 158 cm³/mol. The van der Waals surface area contributed by atoms with Crippen LogP contribution in [0.2, 0.25) is 0 Å². The first-order valence-electron chi connectivity index (χ1n) is 15.9. The maximum absolute atomic E-state index is 14.6. The lowest BCUT2D eigenvalue weighted by atomic mass is 9.71. The van der Waals surface area contributed by atoms with Crippen LogP contribution in [0, 0.1) is 5.41 Å². The fourth-order valence-corrected chi connectivity index (χ4v) is 7.94. The van der Waals surface area contributed by atoms with Gasteiger partial charge in [0.25, 0.3) is 0 Å². The summed E-state index contributed by atoms with van der Waals surface area (Å²) in [6, 6.07) is 7.22. The number of rotatable bonds is 4. The van der Waals surface area contributed by atoms with E-state index in [1.165, 1.54) is 32.4 Å². The zero-order valence-corrected chi connectivity index (χ0v) is 25.5. The summed E-state index contributed by atoms with van der Waals surface area (Å²) in [5.41, 5.74) is 1.28. The molecule has 0 N–H and O–H groups in total. The van der Waals surface area contributed by atoms with Crippen LogP contribution in [0.5, 0.6) is 0 Å². The molecule has 0 unspecified atom stereocenters. The van der Waals surface area contributed by atoms with Crippen molar-refractivity contribution in [3.63, 3.8) is 0 Å². The number of nitrogens with zero attached hydrogens (tertiary/aromatic N) is 3. The lowest BCUT2D eigenvalue weighted by Crippen LogP contribution is -2.60. The van der Waals surface area contributed by atoms with Gasteiger partial charge in [0.2, 0.25) is 11.8 Å². The Labute approximate surface area is 245 Å². The molecule has 0 atom stereocenters. The zero-order chi connectivity index (χ0) is 28.8. The van der Waals surface area contributed by atoms with Gasteiger partial charge in [-0.1, -0.05) is 18.6 Å². The molecule has 222 valence electrons. The van der Waals surface area contributed by atoms with Crippen molar-refractivity contribution >= 4 is 30.1 Å². The van der Waals surface area contributed by atoms with Crippen LogP contribution in [-0.2, 0) is 29.0 Å². The van der Waals surface area contributed by atoms with E-state index < -0.39 is 29.2 Å². The Bertz CT molecular complexity index is 1210. The molecular weight excluding hydrogens is 517 g/mol. The van der Waals surface area contributed by atoms with Gasteiger partial charge in [-0.25, -0.2) is 0 Å². The third kappa shape index (κ3) is 4.24. The van der Waals surface area contributed by atoms with Gasteiger partial charge in [-0.05, 0) is 103 Å². The van der Waals surface area contributed by atoms with E-state index in [9.17, 15) is 9.59 Å². The second kappa shape index (κ2) is 9.53. The summed E-state index contributed by atoms with van der Waals surface area (Å²) in [5, 5.41) is 0. The molecule has 0 aromatic heterocycles. The number of likely N-dealkylation sites (tertiary alicyclic amines) is 2. The lowest BCUT2D eigenvalue weighted by molar-refractivity contribution is -0.170. The van der Waals surface area contributed by atoms with E-state index in [2.05, 4.69) is 55.7 Å². The van der Waals surface area contributed by atoms with Crippen molar-refractivity contribution in [2.24, 2.45) is 5.41 Å². The quantitative estimate of drug-likeness (QED) is 0.524. The summed E-state index contributed by atoms with van der Waals surface area (Å²) in [6.07, 6.45) is 7.30. The number of hydrogen-bond donors (Lipinski definition) is 0. The first kappa shape index (κ1) is 27.9. The van der Waals surface area contributed by atoms with Crippen LogP contribution in [0.15, 0.2) is 18.2 Å². The summed E-state index contributed by atoms with van der Waals surface area (Å²) in [6.45, 7) is 14.9. The SMILES string of the molecule is CC1(C(=O)N2CCC3(CC2)C(=O)N(C2CC(N4CCCCC4)C2)c2cc(B4OC(C)(C)C(C)(C)O4)ccc23)COC1. The molecule has 0 radical (unpaired) electrons. The number of hydrogen-bond acceptors (Lipinski definition) is 6. The third-order valence-corrected chi connectivity index (χ3v) is 11.6. The Morgan fingerprint density at radius 3 is 2.10 bits per heavy atom. The van der Waals surface area contributed by atoms with Crippen LogP contribution < -0.4 is 10.4 Å². The number of carbonyl (C=O) groups excluding carboxylic acids is 2. The average Bonchev–Trinajstić information content (AvgIpc) is 3.27. The predicted octanol–water partition coefficient (Wildman–Crippen LogP) is 3.25. The van der Waals surface area contributed by atoms with Crippen LogP contribution >= 0.6 is 0 Å². The van der Waals surface area contributed by atoms with Crippen molar-refractivity contribution in [1.82, 2.24) is 9.80 Å². The minimum Gasteiger partial charge on any atom is -0.399 e. The van der Waals surface area contributed by atoms with Crippen molar-refractivity contribution in [1.29, 1.82) is 0 Å². The van der Waals surface area contributed by atoms with Gasteiger partial charge in [0.15, 0.2) is 0 Å². The normalized spacial score (nSPS) is 31.6. The van der Waals surface area contributed by atoms with Crippen LogP contribution in [0.4, 0.5) is 5.69 Å². The first-order chi connectivity index (χ1) is 19.4. The number of amides is 2. The van der Waals surface area contributed by atoms with Gasteiger partial charge in [0.1, 0.15) is 0 Å². The van der Waals surface area contributed by atoms with Gasteiger partial charge >= 0.3 is 7.12 Å². The summed E-state index contributed by atoms with van der Waals surface area (Å²) < 4.78 is 18.2. The molecule has 0 bridgehead atoms. The number of benzene rings is 1. The summed E-state index contributed by atoms with van der Waals surface area (Å²) in [7, 11) is -0.466. The molecule has 1 spiro atoms. The Morgan fingerprint density at radius 1 is 0.878 bits per heavy atom. The topological polar surface area (TPSA) is 71.6 Å². The molecule has 5 aliphatic heterocycles. The largest absolute Gasteiger partial charge is 0.494 e. The zero-order valence-electron chi connectivity index (χ0n) is 25.5. The van der Waals surface area contributed by atoms with E-state index in [0.29, 0.717) is 45.2 Å². The second-order valence-electron chi connectivity index (χ2n) is 14.8. The van der Waals surface area contributed by atoms with E-state index in [4.69, 9.17) is 14.0 Å². The molecule has 5 heterocycles.